The highest BCUT2D eigenvalue weighted by Crippen LogP contribution is 2.89. The van der Waals surface area contributed by atoms with Gasteiger partial charge in [-0.05, 0) is 105 Å². The predicted octanol–water partition coefficient (Wildman–Crippen LogP) is 4.20. The summed E-state index contributed by atoms with van der Waals surface area (Å²) >= 11 is 0. The number of rotatable bonds is 10. The summed E-state index contributed by atoms with van der Waals surface area (Å²) in [4.78, 5) is 50.4. The van der Waals surface area contributed by atoms with Crippen LogP contribution < -0.4 is 0 Å². The molecule has 5 aliphatic carbocycles. The van der Waals surface area contributed by atoms with Gasteiger partial charge in [-0.25, -0.2) is 0 Å². The molecule has 0 unspecified atom stereocenters. The van der Waals surface area contributed by atoms with Crippen LogP contribution in [0.5, 0.6) is 0 Å². The highest BCUT2D eigenvalue weighted by molar-refractivity contribution is 5.93. The lowest BCUT2D eigenvalue weighted by molar-refractivity contribution is -0.226. The van der Waals surface area contributed by atoms with Crippen molar-refractivity contribution >= 4 is 23.8 Å². The Hall–Kier alpha value is -1.72. The van der Waals surface area contributed by atoms with Gasteiger partial charge in [-0.15, -0.1) is 0 Å². The number of carbonyl (C=O) groups excluding carboxylic acids is 4. The molecule has 10 nitrogen and oxygen atoms in total. The van der Waals surface area contributed by atoms with E-state index in [0.717, 1.165) is 44.9 Å². The molecule has 10 heteroatoms. The molecule has 0 aromatic heterocycles. The van der Waals surface area contributed by atoms with E-state index in [4.69, 9.17) is 18.9 Å². The van der Waals surface area contributed by atoms with Gasteiger partial charge in [-0.2, -0.15) is 0 Å². The zero-order valence-corrected chi connectivity index (χ0v) is 29.5. The van der Waals surface area contributed by atoms with Gasteiger partial charge < -0.3 is 34.0 Å². The number of hydrogen-bond donors (Lipinski definition) is 2. The normalized spacial score (nSPS) is 46.1. The first-order valence-corrected chi connectivity index (χ1v) is 17.8. The molecule has 264 valence electrons. The summed E-state index contributed by atoms with van der Waals surface area (Å²) in [5, 5.41) is 20.5. The van der Waals surface area contributed by atoms with Crippen molar-refractivity contribution in [3.05, 3.63) is 0 Å². The van der Waals surface area contributed by atoms with Crippen molar-refractivity contribution in [2.24, 2.45) is 50.7 Å². The molecule has 13 atom stereocenters. The van der Waals surface area contributed by atoms with E-state index in [1.165, 1.54) is 6.92 Å². The largest absolute Gasteiger partial charge is 0.457 e. The summed E-state index contributed by atoms with van der Waals surface area (Å²) < 4.78 is 24.0. The molecule has 5 saturated carbocycles. The molecule has 0 aromatic carbocycles. The molecule has 1 heterocycles. The number of ether oxygens (including phenoxy) is 4. The molecule has 2 spiro atoms. The van der Waals surface area contributed by atoms with Crippen LogP contribution in [0.4, 0.5) is 0 Å². The van der Waals surface area contributed by atoms with Gasteiger partial charge in [0, 0.05) is 18.3 Å². The molecule has 1 aliphatic heterocycles. The number of carbonyl (C=O) groups is 4. The van der Waals surface area contributed by atoms with E-state index in [9.17, 15) is 29.4 Å². The van der Waals surface area contributed by atoms with Crippen molar-refractivity contribution < 1.29 is 48.3 Å². The summed E-state index contributed by atoms with van der Waals surface area (Å²) in [6, 6.07) is 0. The van der Waals surface area contributed by atoms with Crippen LogP contribution in [0.25, 0.3) is 0 Å². The molecule has 47 heavy (non-hydrogen) atoms. The van der Waals surface area contributed by atoms with Crippen LogP contribution in [0.15, 0.2) is 0 Å². The minimum absolute atomic E-state index is 0.0498. The van der Waals surface area contributed by atoms with Crippen molar-refractivity contribution in [2.75, 3.05) is 13.2 Å². The van der Waals surface area contributed by atoms with Gasteiger partial charge in [0.05, 0.1) is 17.8 Å². The lowest BCUT2D eigenvalue weighted by Crippen LogP contribution is -2.59. The number of Topliss-reactive ketones (excluding diaryl/α,β-unsaturated/α-hetero) is 2. The minimum Gasteiger partial charge on any atom is -0.457 e. The SMILES string of the molecule is CC(=O)O[C@@H]([C@H]1C[C@@H](C)[C@@H]2[C@H](O1)C(=O)[C@@]1(C)[C@@H]3CC[C@H]4C(C)(C)[C@@H](O[C@H](OCC=O)C(=O)CO)CC[C@@]45C[C@@]35CC[C@]21C)C(C)(C)O. The summed E-state index contributed by atoms with van der Waals surface area (Å²) in [5.74, 6) is -0.129. The van der Waals surface area contributed by atoms with Crippen LogP contribution in [-0.4, -0.2) is 83.6 Å². The average Bonchev–Trinajstić information content (AvgIpc) is 3.62. The number of fused-ring (bicyclic) bond motifs is 4. The van der Waals surface area contributed by atoms with Gasteiger partial charge in [-0.1, -0.05) is 34.6 Å². The number of aliphatic hydroxyl groups excluding tert-OH is 1. The molecule has 6 aliphatic rings. The first-order chi connectivity index (χ1) is 21.9. The Balaban J connectivity index is 1.27. The molecule has 0 aromatic rings. The number of ketones is 2. The topological polar surface area (TPSA) is 146 Å². The zero-order chi connectivity index (χ0) is 34.5. The lowest BCUT2D eigenvalue weighted by Gasteiger charge is -2.62. The summed E-state index contributed by atoms with van der Waals surface area (Å²) in [6.45, 7) is 14.8. The number of aliphatic hydroxyl groups is 2. The maximum absolute atomic E-state index is 14.9. The summed E-state index contributed by atoms with van der Waals surface area (Å²) in [5.41, 5.74) is -2.26. The Labute approximate surface area is 279 Å². The van der Waals surface area contributed by atoms with Crippen molar-refractivity contribution in [2.45, 2.75) is 143 Å². The van der Waals surface area contributed by atoms with Gasteiger partial charge in [0.2, 0.25) is 12.1 Å². The number of esters is 1. The average molecular weight is 661 g/mol. The van der Waals surface area contributed by atoms with E-state index in [2.05, 4.69) is 34.6 Å². The molecule has 0 radical (unpaired) electrons. The second kappa shape index (κ2) is 11.4. The smallest absolute Gasteiger partial charge is 0.303 e. The number of aldehydes is 1. The molecule has 1 saturated heterocycles. The highest BCUT2D eigenvalue weighted by Gasteiger charge is 2.85. The van der Waals surface area contributed by atoms with Crippen LogP contribution in [0.1, 0.15) is 107 Å². The van der Waals surface area contributed by atoms with E-state index in [1.54, 1.807) is 13.8 Å². The van der Waals surface area contributed by atoms with E-state index in [1.807, 2.05) is 0 Å². The molecule has 0 amide bonds. The third-order valence-electron chi connectivity index (χ3n) is 14.8. The number of hydrogen-bond acceptors (Lipinski definition) is 10. The van der Waals surface area contributed by atoms with E-state index in [0.29, 0.717) is 18.6 Å². The fraction of sp³-hybridized carbons (Fsp3) is 0.892. The Morgan fingerprint density at radius 1 is 1.06 bits per heavy atom. The van der Waals surface area contributed by atoms with Gasteiger partial charge in [0.15, 0.2) is 11.9 Å². The molecule has 2 N–H and O–H groups in total. The van der Waals surface area contributed by atoms with Gasteiger partial charge in [-0.3, -0.25) is 14.4 Å². The maximum Gasteiger partial charge on any atom is 0.303 e. The van der Waals surface area contributed by atoms with E-state index < -0.39 is 54.0 Å². The molecular formula is C37H56O10. The molecule has 6 rings (SSSR count). The maximum atomic E-state index is 14.9. The molecule has 0 bridgehead atoms. The first kappa shape index (κ1) is 35.1. The fourth-order valence-electron chi connectivity index (χ4n) is 12.9. The highest BCUT2D eigenvalue weighted by atomic mass is 16.7. The molecule has 6 fully saturated rings. The van der Waals surface area contributed by atoms with Crippen LogP contribution >= 0.6 is 0 Å². The Morgan fingerprint density at radius 3 is 2.34 bits per heavy atom. The standard InChI is InChI=1S/C37H56O10/c1-20-17-23(30(33(5,6)43)45-21(2)40)46-28-27(20)34(7)13-14-37-19-36(37)12-11-26(47-31(22(41)18-39)44-16-15-38)32(3,4)24(36)9-10-25(37)35(34,8)29(28)42/h15,20,23-28,30-31,39,43H,9-14,16-19H2,1-8H3/t20-,23-,24+,25+,26+,27-,28+,30+,31+,34-,35-,36-,37+/m1/s1. The van der Waals surface area contributed by atoms with E-state index in [-0.39, 0.29) is 57.9 Å². The van der Waals surface area contributed by atoms with Gasteiger partial charge >= 0.3 is 5.97 Å². The second-order valence-electron chi connectivity index (χ2n) is 17.6. The Kier molecular flexibility index (Phi) is 8.52. The minimum atomic E-state index is -1.32. The molecular weight excluding hydrogens is 604 g/mol. The third kappa shape index (κ3) is 4.81. The first-order valence-electron chi connectivity index (χ1n) is 17.8. The quantitative estimate of drug-likeness (QED) is 0.199. The second-order valence-corrected chi connectivity index (χ2v) is 17.6. The summed E-state index contributed by atoms with van der Waals surface area (Å²) in [7, 11) is 0. The van der Waals surface area contributed by atoms with E-state index >= 15 is 0 Å². The van der Waals surface area contributed by atoms with Crippen LogP contribution in [0, 0.1) is 50.7 Å². The van der Waals surface area contributed by atoms with Crippen molar-refractivity contribution in [1.82, 2.24) is 0 Å². The third-order valence-corrected chi connectivity index (χ3v) is 14.8. The Morgan fingerprint density at radius 2 is 1.72 bits per heavy atom. The fourth-order valence-corrected chi connectivity index (χ4v) is 12.9. The van der Waals surface area contributed by atoms with Gasteiger partial charge in [0.25, 0.3) is 0 Å². The van der Waals surface area contributed by atoms with Crippen LogP contribution in [0.2, 0.25) is 0 Å². The van der Waals surface area contributed by atoms with Crippen LogP contribution in [-0.2, 0) is 38.1 Å². The summed E-state index contributed by atoms with van der Waals surface area (Å²) in [6.07, 6.45) is 4.26. The van der Waals surface area contributed by atoms with Crippen molar-refractivity contribution in [3.63, 3.8) is 0 Å². The predicted molar refractivity (Wildman–Crippen MR) is 170 cm³/mol. The monoisotopic (exact) mass is 660 g/mol. The Bertz CT molecular complexity index is 1300. The van der Waals surface area contributed by atoms with Crippen molar-refractivity contribution in [1.29, 1.82) is 0 Å². The van der Waals surface area contributed by atoms with Crippen molar-refractivity contribution in [3.8, 4) is 0 Å². The lowest BCUT2D eigenvalue weighted by atomic mass is 9.41. The van der Waals surface area contributed by atoms with Gasteiger partial charge in [0.1, 0.15) is 25.6 Å². The zero-order valence-electron chi connectivity index (χ0n) is 29.5. The van der Waals surface area contributed by atoms with Crippen LogP contribution in [0.3, 0.4) is 0 Å².